The number of aliphatic carboxylic acids is 1. The zero-order valence-corrected chi connectivity index (χ0v) is 21.3. The first-order valence-corrected chi connectivity index (χ1v) is 12.6. The number of alkyl halides is 1. The van der Waals surface area contributed by atoms with E-state index in [1.165, 1.54) is 36.3 Å². The Hall–Kier alpha value is -3.72. The summed E-state index contributed by atoms with van der Waals surface area (Å²) in [7, 11) is 1.49. The molecule has 1 unspecified atom stereocenters. The van der Waals surface area contributed by atoms with Gasteiger partial charge >= 0.3 is 12.0 Å². The summed E-state index contributed by atoms with van der Waals surface area (Å²) in [6, 6.07) is 13.0. The van der Waals surface area contributed by atoms with Crippen LogP contribution in [-0.4, -0.2) is 66.1 Å². The van der Waals surface area contributed by atoms with Crippen LogP contribution in [0.4, 0.5) is 13.6 Å². The number of carboxylic acids is 1. The van der Waals surface area contributed by atoms with Gasteiger partial charge in [0.2, 0.25) is 5.85 Å². The molecule has 1 heterocycles. The number of amides is 2. The Morgan fingerprint density at radius 2 is 2.00 bits per heavy atom. The standard InChI is InChI=1S/C29H32F2N2O5/c1-37-26-10-9-24(30)16-25(26)23-11-13-29(31,14-12-23)38-20-22-8-5-15-32(18-22)28(36)33(19-27(34)35)17-21-6-3-2-4-7-21/h2-4,6-7,9-13,16,22H,5,8,14-15,17-20H2,1H3,(H,34,35)/t22-,29?/m1/s1. The monoisotopic (exact) mass is 526 g/mol. The number of hydrogen-bond acceptors (Lipinski definition) is 4. The number of urea groups is 1. The molecule has 2 aliphatic rings. The van der Waals surface area contributed by atoms with Gasteiger partial charge in [-0.25, -0.2) is 13.6 Å². The average molecular weight is 527 g/mol. The molecule has 2 amide bonds. The van der Waals surface area contributed by atoms with E-state index in [4.69, 9.17) is 9.47 Å². The molecule has 2 aromatic rings. The summed E-state index contributed by atoms with van der Waals surface area (Å²) in [5, 5.41) is 9.34. The van der Waals surface area contributed by atoms with Gasteiger partial charge in [-0.05, 0) is 48.3 Å². The van der Waals surface area contributed by atoms with E-state index in [0.717, 1.165) is 12.0 Å². The Morgan fingerprint density at radius 3 is 2.68 bits per heavy atom. The van der Waals surface area contributed by atoms with E-state index in [1.807, 2.05) is 30.3 Å². The smallest absolute Gasteiger partial charge is 0.323 e. The third-order valence-corrected chi connectivity index (χ3v) is 6.75. The normalized spacial score (nSPS) is 21.1. The second-order valence-corrected chi connectivity index (χ2v) is 9.61. The minimum Gasteiger partial charge on any atom is -0.496 e. The van der Waals surface area contributed by atoms with Crippen molar-refractivity contribution in [1.29, 1.82) is 0 Å². The van der Waals surface area contributed by atoms with Crippen molar-refractivity contribution in [1.82, 2.24) is 9.80 Å². The van der Waals surface area contributed by atoms with Gasteiger partial charge in [0.15, 0.2) is 0 Å². The highest BCUT2D eigenvalue weighted by Crippen LogP contribution is 2.35. The predicted molar refractivity (Wildman–Crippen MR) is 139 cm³/mol. The molecule has 1 N–H and O–H groups in total. The SMILES string of the molecule is COc1ccc(F)cc1C1=CCC(F)(OC[C@@H]2CCCN(C(=O)N(CC(=O)O)Cc3ccccc3)C2)C=C1. The molecule has 7 nitrogen and oxygen atoms in total. The number of hydrogen-bond donors (Lipinski definition) is 1. The van der Waals surface area contributed by atoms with Crippen molar-refractivity contribution < 1.29 is 33.0 Å². The zero-order chi connectivity index (χ0) is 27.1. The molecular weight excluding hydrogens is 494 g/mol. The summed E-state index contributed by atoms with van der Waals surface area (Å²) in [6.07, 6.45) is 5.98. The largest absolute Gasteiger partial charge is 0.496 e. The molecule has 202 valence electrons. The molecule has 4 rings (SSSR count). The van der Waals surface area contributed by atoms with Crippen LogP contribution >= 0.6 is 0 Å². The third-order valence-electron chi connectivity index (χ3n) is 6.75. The average Bonchev–Trinajstić information content (AvgIpc) is 2.92. The van der Waals surface area contributed by atoms with Crippen molar-refractivity contribution in [2.75, 3.05) is 33.4 Å². The number of rotatable bonds is 9. The molecule has 0 aromatic heterocycles. The highest BCUT2D eigenvalue weighted by Gasteiger charge is 2.33. The number of halogens is 2. The van der Waals surface area contributed by atoms with Crippen molar-refractivity contribution in [3.63, 3.8) is 0 Å². The van der Waals surface area contributed by atoms with Gasteiger partial charge in [-0.3, -0.25) is 4.79 Å². The Bertz CT molecular complexity index is 1200. The van der Waals surface area contributed by atoms with Crippen LogP contribution in [-0.2, 0) is 16.1 Å². The molecule has 1 saturated heterocycles. The van der Waals surface area contributed by atoms with Crippen LogP contribution in [0.2, 0.25) is 0 Å². The van der Waals surface area contributed by atoms with Gasteiger partial charge in [0.05, 0.1) is 13.7 Å². The lowest BCUT2D eigenvalue weighted by Crippen LogP contribution is -2.49. The lowest BCUT2D eigenvalue weighted by atomic mass is 9.95. The van der Waals surface area contributed by atoms with E-state index in [9.17, 15) is 19.1 Å². The summed E-state index contributed by atoms with van der Waals surface area (Å²) in [5.41, 5.74) is 2.02. The lowest BCUT2D eigenvalue weighted by molar-refractivity contribution is -0.138. The van der Waals surface area contributed by atoms with Gasteiger partial charge in [-0.2, -0.15) is 0 Å². The van der Waals surface area contributed by atoms with Gasteiger partial charge < -0.3 is 24.4 Å². The van der Waals surface area contributed by atoms with Crippen molar-refractivity contribution in [3.8, 4) is 5.75 Å². The number of likely N-dealkylation sites (tertiary alicyclic amines) is 1. The van der Waals surface area contributed by atoms with E-state index in [-0.39, 0.29) is 31.5 Å². The van der Waals surface area contributed by atoms with E-state index in [1.54, 1.807) is 17.1 Å². The van der Waals surface area contributed by atoms with Crippen LogP contribution in [0.1, 0.15) is 30.4 Å². The van der Waals surface area contributed by atoms with Gasteiger partial charge in [-0.1, -0.05) is 42.5 Å². The number of methoxy groups -OCH3 is 1. The number of carbonyl (C=O) groups excluding carboxylic acids is 1. The fourth-order valence-electron chi connectivity index (χ4n) is 4.80. The number of allylic oxidation sites excluding steroid dienone is 2. The van der Waals surface area contributed by atoms with Gasteiger partial charge in [-0.15, -0.1) is 0 Å². The molecule has 2 aromatic carbocycles. The summed E-state index contributed by atoms with van der Waals surface area (Å²) >= 11 is 0. The predicted octanol–water partition coefficient (Wildman–Crippen LogP) is 5.28. The van der Waals surface area contributed by atoms with Crippen LogP contribution in [0.15, 0.2) is 66.8 Å². The molecule has 0 saturated carbocycles. The molecule has 1 aliphatic carbocycles. The highest BCUT2D eigenvalue weighted by molar-refractivity contribution is 5.80. The van der Waals surface area contributed by atoms with E-state index < -0.39 is 24.2 Å². The Balaban J connectivity index is 1.35. The first-order valence-electron chi connectivity index (χ1n) is 12.6. The van der Waals surface area contributed by atoms with Gasteiger partial charge in [0.1, 0.15) is 18.1 Å². The van der Waals surface area contributed by atoms with Gasteiger partial charge in [0.25, 0.3) is 0 Å². The number of piperidine rings is 1. The van der Waals surface area contributed by atoms with Crippen molar-refractivity contribution >= 4 is 17.6 Å². The Labute approximate surface area is 220 Å². The van der Waals surface area contributed by atoms with Crippen molar-refractivity contribution in [2.24, 2.45) is 5.92 Å². The fourth-order valence-corrected chi connectivity index (χ4v) is 4.80. The minimum atomic E-state index is -2.01. The highest BCUT2D eigenvalue weighted by atomic mass is 19.2. The van der Waals surface area contributed by atoms with E-state index in [2.05, 4.69) is 0 Å². The maximum atomic E-state index is 15.4. The molecule has 9 heteroatoms. The second-order valence-electron chi connectivity index (χ2n) is 9.61. The van der Waals surface area contributed by atoms with Crippen LogP contribution < -0.4 is 4.74 Å². The quantitative estimate of drug-likeness (QED) is 0.481. The number of benzene rings is 2. The maximum Gasteiger partial charge on any atom is 0.323 e. The first kappa shape index (κ1) is 27.3. The van der Waals surface area contributed by atoms with E-state index in [0.29, 0.717) is 36.4 Å². The fraction of sp³-hybridized carbons (Fsp3) is 0.379. The summed E-state index contributed by atoms with van der Waals surface area (Å²) in [4.78, 5) is 27.6. The summed E-state index contributed by atoms with van der Waals surface area (Å²) in [5.74, 6) is -3.11. The first-order chi connectivity index (χ1) is 18.3. The lowest BCUT2D eigenvalue weighted by Gasteiger charge is -2.37. The van der Waals surface area contributed by atoms with Crippen LogP contribution in [0.25, 0.3) is 5.57 Å². The van der Waals surface area contributed by atoms with Crippen LogP contribution in [0.5, 0.6) is 5.75 Å². The molecule has 1 aliphatic heterocycles. The number of carboxylic acid groups (broad SMARTS) is 1. The molecule has 0 radical (unpaired) electrons. The molecule has 0 bridgehead atoms. The molecule has 38 heavy (non-hydrogen) atoms. The minimum absolute atomic E-state index is 0.0443. The summed E-state index contributed by atoms with van der Waals surface area (Å²) in [6.45, 7) is 0.740. The van der Waals surface area contributed by atoms with E-state index >= 15 is 4.39 Å². The number of nitrogens with zero attached hydrogens (tertiary/aromatic N) is 2. The maximum absolute atomic E-state index is 15.4. The third kappa shape index (κ3) is 6.98. The number of carbonyl (C=O) groups is 2. The van der Waals surface area contributed by atoms with Crippen molar-refractivity contribution in [2.45, 2.75) is 31.7 Å². The zero-order valence-electron chi connectivity index (χ0n) is 21.3. The second kappa shape index (κ2) is 12.2. The number of ether oxygens (including phenoxy) is 2. The molecule has 2 atom stereocenters. The van der Waals surface area contributed by atoms with Gasteiger partial charge in [0, 0.05) is 37.5 Å². The molecular formula is C29H32F2N2O5. The van der Waals surface area contributed by atoms with Crippen LogP contribution in [0.3, 0.4) is 0 Å². The topological polar surface area (TPSA) is 79.3 Å². The van der Waals surface area contributed by atoms with Crippen molar-refractivity contribution in [3.05, 3.63) is 83.7 Å². The Kier molecular flexibility index (Phi) is 8.78. The molecule has 1 fully saturated rings. The molecule has 0 spiro atoms. The Morgan fingerprint density at radius 1 is 1.21 bits per heavy atom. The van der Waals surface area contributed by atoms with Crippen LogP contribution in [0, 0.1) is 11.7 Å². The summed E-state index contributed by atoms with van der Waals surface area (Å²) < 4.78 is 40.2.